The minimum absolute atomic E-state index is 0.125. The summed E-state index contributed by atoms with van der Waals surface area (Å²) in [7, 11) is 0. The second-order valence-electron chi connectivity index (χ2n) is 5.09. The first-order chi connectivity index (χ1) is 11.5. The number of rotatable bonds is 6. The van der Waals surface area contributed by atoms with E-state index in [0.29, 0.717) is 10.2 Å². The lowest BCUT2D eigenvalue weighted by Gasteiger charge is -2.21. The highest BCUT2D eigenvalue weighted by Gasteiger charge is 2.15. The Morgan fingerprint density at radius 3 is 2.33 bits per heavy atom. The number of halogens is 1. The number of nitro groups is 1. The first-order valence-electron chi connectivity index (χ1n) is 7.56. The van der Waals surface area contributed by atoms with Crippen LogP contribution in [0.1, 0.15) is 24.2 Å². The molecule has 0 saturated carbocycles. The van der Waals surface area contributed by atoms with Gasteiger partial charge in [-0.3, -0.25) is 14.9 Å². The van der Waals surface area contributed by atoms with Gasteiger partial charge in [-0.15, -0.1) is 0 Å². The lowest BCUT2D eigenvalue weighted by molar-refractivity contribution is -0.384. The summed E-state index contributed by atoms with van der Waals surface area (Å²) >= 11 is 3.25. The highest BCUT2D eigenvalue weighted by molar-refractivity contribution is 9.10. The third kappa shape index (κ3) is 4.11. The van der Waals surface area contributed by atoms with Crippen LogP contribution in [0.4, 0.5) is 17.1 Å². The molecule has 1 N–H and O–H groups in total. The number of benzene rings is 2. The number of nitrogens with one attached hydrogen (secondary N) is 1. The normalized spacial score (nSPS) is 10.3. The van der Waals surface area contributed by atoms with Gasteiger partial charge in [0.25, 0.3) is 11.6 Å². The molecule has 126 valence electrons. The summed E-state index contributed by atoms with van der Waals surface area (Å²) in [4.78, 5) is 24.9. The summed E-state index contributed by atoms with van der Waals surface area (Å²) in [5.74, 6) is -0.402. The van der Waals surface area contributed by atoms with Gasteiger partial charge in [-0.05, 0) is 60.1 Å². The Morgan fingerprint density at radius 2 is 1.79 bits per heavy atom. The molecule has 0 aliphatic rings. The molecule has 0 atom stereocenters. The van der Waals surface area contributed by atoms with E-state index in [1.165, 1.54) is 18.2 Å². The molecule has 0 radical (unpaired) electrons. The van der Waals surface area contributed by atoms with E-state index in [-0.39, 0.29) is 11.3 Å². The van der Waals surface area contributed by atoms with Crippen molar-refractivity contribution in [1.29, 1.82) is 0 Å². The molecule has 6 nitrogen and oxygen atoms in total. The van der Waals surface area contributed by atoms with Crippen LogP contribution < -0.4 is 10.2 Å². The van der Waals surface area contributed by atoms with Gasteiger partial charge in [0.15, 0.2) is 0 Å². The largest absolute Gasteiger partial charge is 0.372 e. The fraction of sp³-hybridized carbons (Fsp3) is 0.235. The maximum Gasteiger partial charge on any atom is 0.270 e. The number of amides is 1. The van der Waals surface area contributed by atoms with Crippen molar-refractivity contribution in [2.75, 3.05) is 23.3 Å². The van der Waals surface area contributed by atoms with Gasteiger partial charge in [0.05, 0.1) is 10.5 Å². The fourth-order valence-electron chi connectivity index (χ4n) is 2.34. The van der Waals surface area contributed by atoms with Crippen LogP contribution in [0.3, 0.4) is 0 Å². The van der Waals surface area contributed by atoms with E-state index in [4.69, 9.17) is 0 Å². The lowest BCUT2D eigenvalue weighted by Crippen LogP contribution is -2.21. The summed E-state index contributed by atoms with van der Waals surface area (Å²) < 4.78 is 0.505. The van der Waals surface area contributed by atoms with Gasteiger partial charge in [-0.2, -0.15) is 0 Å². The van der Waals surface area contributed by atoms with E-state index in [0.717, 1.165) is 18.8 Å². The minimum Gasteiger partial charge on any atom is -0.372 e. The molecular weight excluding hydrogens is 374 g/mol. The average Bonchev–Trinajstić information content (AvgIpc) is 2.57. The summed E-state index contributed by atoms with van der Waals surface area (Å²) in [5, 5.41) is 13.6. The second kappa shape index (κ2) is 7.92. The van der Waals surface area contributed by atoms with Gasteiger partial charge in [-0.25, -0.2) is 0 Å². The van der Waals surface area contributed by atoms with Crippen LogP contribution in [-0.4, -0.2) is 23.9 Å². The van der Waals surface area contributed by atoms with E-state index in [9.17, 15) is 14.9 Å². The van der Waals surface area contributed by atoms with Crippen LogP contribution in [-0.2, 0) is 0 Å². The third-order valence-electron chi connectivity index (χ3n) is 3.66. The molecule has 0 saturated heterocycles. The zero-order valence-electron chi connectivity index (χ0n) is 13.5. The standard InChI is InChI=1S/C17H18BrN3O3/c1-3-20(4-2)13-7-5-12(6-8-13)19-17(22)15-11-14(21(23)24)9-10-16(15)18/h5-11H,3-4H2,1-2H3,(H,19,22). The van der Waals surface area contributed by atoms with Gasteiger partial charge >= 0.3 is 0 Å². The number of hydrogen-bond acceptors (Lipinski definition) is 4. The molecule has 7 heteroatoms. The lowest BCUT2D eigenvalue weighted by atomic mass is 10.2. The number of nitro benzene ring substituents is 1. The molecule has 0 aliphatic carbocycles. The van der Waals surface area contributed by atoms with Gasteiger partial charge in [0.2, 0.25) is 0 Å². The van der Waals surface area contributed by atoms with E-state index in [1.807, 2.05) is 24.3 Å². The average molecular weight is 392 g/mol. The maximum absolute atomic E-state index is 12.4. The van der Waals surface area contributed by atoms with Crippen LogP contribution in [0.25, 0.3) is 0 Å². The monoisotopic (exact) mass is 391 g/mol. The fourth-order valence-corrected chi connectivity index (χ4v) is 2.77. The number of anilines is 2. The highest BCUT2D eigenvalue weighted by atomic mass is 79.9. The van der Waals surface area contributed by atoms with Gasteiger partial charge in [0, 0.05) is 41.1 Å². The van der Waals surface area contributed by atoms with Gasteiger partial charge < -0.3 is 10.2 Å². The summed E-state index contributed by atoms with van der Waals surface area (Å²) in [5.41, 5.74) is 1.81. The minimum atomic E-state index is -0.526. The van der Waals surface area contributed by atoms with Crippen LogP contribution >= 0.6 is 15.9 Å². The van der Waals surface area contributed by atoms with Crippen molar-refractivity contribution in [1.82, 2.24) is 0 Å². The van der Waals surface area contributed by atoms with Crippen molar-refractivity contribution in [3.8, 4) is 0 Å². The van der Waals surface area contributed by atoms with Crippen molar-refractivity contribution in [3.05, 3.63) is 62.6 Å². The van der Waals surface area contributed by atoms with Crippen LogP contribution in [0.15, 0.2) is 46.9 Å². The number of non-ortho nitro benzene ring substituents is 1. The molecule has 0 spiro atoms. The first kappa shape index (κ1) is 17.9. The van der Waals surface area contributed by atoms with E-state index >= 15 is 0 Å². The first-order valence-corrected chi connectivity index (χ1v) is 8.35. The molecule has 1 amide bonds. The Balaban J connectivity index is 2.18. The van der Waals surface area contributed by atoms with E-state index in [2.05, 4.69) is 40.0 Å². The van der Waals surface area contributed by atoms with Crippen molar-refractivity contribution in [3.63, 3.8) is 0 Å². The van der Waals surface area contributed by atoms with Gasteiger partial charge in [0.1, 0.15) is 0 Å². The molecule has 0 fully saturated rings. The quantitative estimate of drug-likeness (QED) is 0.582. The molecule has 2 aromatic carbocycles. The molecule has 0 unspecified atom stereocenters. The molecule has 24 heavy (non-hydrogen) atoms. The molecule has 0 bridgehead atoms. The predicted octanol–water partition coefficient (Wildman–Crippen LogP) is 4.46. The van der Waals surface area contributed by atoms with E-state index < -0.39 is 10.8 Å². The molecule has 2 aromatic rings. The van der Waals surface area contributed by atoms with Crippen LogP contribution in [0, 0.1) is 10.1 Å². The predicted molar refractivity (Wildman–Crippen MR) is 98.8 cm³/mol. The summed E-state index contributed by atoms with van der Waals surface area (Å²) in [6, 6.07) is 11.6. The van der Waals surface area contributed by atoms with E-state index in [1.54, 1.807) is 0 Å². The summed E-state index contributed by atoms with van der Waals surface area (Å²) in [6.07, 6.45) is 0. The molecule has 0 heterocycles. The molecule has 2 rings (SSSR count). The second-order valence-corrected chi connectivity index (χ2v) is 5.95. The Bertz CT molecular complexity index is 743. The Labute approximate surface area is 148 Å². The van der Waals surface area contributed by atoms with Crippen molar-refractivity contribution >= 4 is 38.9 Å². The summed E-state index contributed by atoms with van der Waals surface area (Å²) in [6.45, 7) is 5.98. The van der Waals surface area contributed by atoms with Crippen LogP contribution in [0.2, 0.25) is 0 Å². The highest BCUT2D eigenvalue weighted by Crippen LogP contribution is 2.24. The number of hydrogen-bond donors (Lipinski definition) is 1. The zero-order valence-corrected chi connectivity index (χ0v) is 15.0. The molecule has 0 aromatic heterocycles. The molecule has 0 aliphatic heterocycles. The maximum atomic E-state index is 12.4. The van der Waals surface area contributed by atoms with Crippen molar-refractivity contribution in [2.24, 2.45) is 0 Å². The van der Waals surface area contributed by atoms with Gasteiger partial charge in [-0.1, -0.05) is 0 Å². The Hall–Kier alpha value is -2.41. The van der Waals surface area contributed by atoms with Crippen molar-refractivity contribution in [2.45, 2.75) is 13.8 Å². The Kier molecular flexibility index (Phi) is 5.92. The number of carbonyl (C=O) groups excluding carboxylic acids is 1. The third-order valence-corrected chi connectivity index (χ3v) is 4.35. The number of nitrogens with zero attached hydrogens (tertiary/aromatic N) is 2. The smallest absolute Gasteiger partial charge is 0.270 e. The Morgan fingerprint density at radius 1 is 1.17 bits per heavy atom. The number of carbonyl (C=O) groups is 1. The molecular formula is C17H18BrN3O3. The van der Waals surface area contributed by atoms with Crippen molar-refractivity contribution < 1.29 is 9.72 Å². The topological polar surface area (TPSA) is 75.5 Å². The zero-order chi connectivity index (χ0) is 17.7. The van der Waals surface area contributed by atoms with Crippen LogP contribution in [0.5, 0.6) is 0 Å². The SMILES string of the molecule is CCN(CC)c1ccc(NC(=O)c2cc([N+](=O)[O-])ccc2Br)cc1.